The SMILES string of the molecule is [CH3][Sn]([CH3])([CH3])[c]1cc(F)c(-c2s[c]([Sn]([CH3])([CH3])[CH3])cc2F)s1. The Morgan fingerprint density at radius 3 is 1.20 bits per heavy atom. The van der Waals surface area contributed by atoms with Crippen molar-refractivity contribution in [1.82, 2.24) is 0 Å². The van der Waals surface area contributed by atoms with Crippen LogP contribution >= 0.6 is 22.7 Å². The van der Waals surface area contributed by atoms with Crippen LogP contribution in [0.4, 0.5) is 8.78 Å². The molecule has 0 unspecified atom stereocenters. The van der Waals surface area contributed by atoms with E-state index in [0.717, 1.165) is 0 Å². The van der Waals surface area contributed by atoms with Gasteiger partial charge in [0.1, 0.15) is 0 Å². The predicted octanol–water partition coefficient (Wildman–Crippen LogP) is 4.85. The summed E-state index contributed by atoms with van der Waals surface area (Å²) in [5.74, 6) is -0.485. The maximum absolute atomic E-state index is 14.2. The summed E-state index contributed by atoms with van der Waals surface area (Å²) in [5, 5.41) is 0. The van der Waals surface area contributed by atoms with Gasteiger partial charge in [-0.2, -0.15) is 0 Å². The molecule has 0 aliphatic carbocycles. The number of halogens is 2. The molecule has 0 atom stereocenters. The summed E-state index contributed by atoms with van der Waals surface area (Å²) in [6.45, 7) is 0. The summed E-state index contributed by atoms with van der Waals surface area (Å²) in [4.78, 5) is 14.6. The molecule has 2 aromatic heterocycles. The molecule has 2 aromatic rings. The van der Waals surface area contributed by atoms with Crippen molar-refractivity contribution in [2.75, 3.05) is 0 Å². The van der Waals surface area contributed by atoms with Crippen LogP contribution < -0.4 is 5.79 Å². The van der Waals surface area contributed by atoms with E-state index in [4.69, 9.17) is 0 Å². The molecule has 0 amide bonds. The van der Waals surface area contributed by atoms with Crippen LogP contribution in [0.2, 0.25) is 29.6 Å². The molecule has 0 saturated carbocycles. The van der Waals surface area contributed by atoms with Gasteiger partial charge in [-0.1, -0.05) is 0 Å². The van der Waals surface area contributed by atoms with E-state index in [1.165, 1.54) is 28.5 Å². The minimum absolute atomic E-state index is 0.243. The average Bonchev–Trinajstić information content (AvgIpc) is 2.80. The summed E-state index contributed by atoms with van der Waals surface area (Å²) < 4.78 is 30.8. The van der Waals surface area contributed by atoms with Crippen molar-refractivity contribution in [2.24, 2.45) is 0 Å². The number of hydrogen-bond donors (Lipinski definition) is 0. The van der Waals surface area contributed by atoms with E-state index in [1.54, 1.807) is 12.1 Å². The molecule has 0 radical (unpaired) electrons. The molecule has 2 rings (SSSR count). The molecule has 0 saturated heterocycles. The fraction of sp³-hybridized carbons (Fsp3) is 0.429. The summed E-state index contributed by atoms with van der Waals surface area (Å²) in [6, 6.07) is 3.30. The zero-order valence-corrected chi connectivity index (χ0v) is 20.1. The van der Waals surface area contributed by atoms with Crippen molar-refractivity contribution in [3.05, 3.63) is 23.8 Å². The first-order valence-corrected chi connectivity index (χ1v) is 28.2. The van der Waals surface area contributed by atoms with Gasteiger partial charge < -0.3 is 0 Å². The van der Waals surface area contributed by atoms with Gasteiger partial charge in [0.05, 0.1) is 0 Å². The fourth-order valence-electron chi connectivity index (χ4n) is 1.79. The van der Waals surface area contributed by atoms with Gasteiger partial charge in [0, 0.05) is 0 Å². The zero-order valence-electron chi connectivity index (χ0n) is 12.7. The molecule has 0 aromatic carbocycles. The van der Waals surface area contributed by atoms with E-state index >= 15 is 0 Å². The van der Waals surface area contributed by atoms with Crippen LogP contribution in [0.15, 0.2) is 12.1 Å². The fourth-order valence-corrected chi connectivity index (χ4v) is 14.3. The Bertz CT molecular complexity index is 574. The van der Waals surface area contributed by atoms with Gasteiger partial charge in [0.2, 0.25) is 0 Å². The van der Waals surface area contributed by atoms with Crippen LogP contribution in [0.3, 0.4) is 0 Å². The van der Waals surface area contributed by atoms with Crippen molar-refractivity contribution < 1.29 is 8.78 Å². The first-order chi connectivity index (χ1) is 9.00. The number of hydrogen-bond acceptors (Lipinski definition) is 2. The van der Waals surface area contributed by atoms with Crippen molar-refractivity contribution in [2.45, 2.75) is 29.6 Å². The summed E-state index contributed by atoms with van der Waals surface area (Å²) in [6.07, 6.45) is 0. The predicted molar refractivity (Wildman–Crippen MR) is 93.5 cm³/mol. The van der Waals surface area contributed by atoms with Gasteiger partial charge in [-0.3, -0.25) is 0 Å². The number of rotatable bonds is 3. The first-order valence-electron chi connectivity index (χ1n) is 6.60. The Morgan fingerprint density at radius 1 is 0.700 bits per heavy atom. The van der Waals surface area contributed by atoms with E-state index < -0.39 is 36.8 Å². The van der Waals surface area contributed by atoms with Crippen LogP contribution in [0, 0.1) is 11.6 Å². The van der Waals surface area contributed by atoms with E-state index in [9.17, 15) is 8.78 Å². The van der Waals surface area contributed by atoms with Gasteiger partial charge in [0.15, 0.2) is 0 Å². The molecule has 0 aliphatic heterocycles. The molecule has 0 bridgehead atoms. The Morgan fingerprint density at radius 2 is 1.00 bits per heavy atom. The van der Waals surface area contributed by atoms with Gasteiger partial charge in [0.25, 0.3) is 0 Å². The third kappa shape index (κ3) is 3.60. The van der Waals surface area contributed by atoms with Crippen molar-refractivity contribution in [3.63, 3.8) is 0 Å². The van der Waals surface area contributed by atoms with Gasteiger partial charge in [-0.15, -0.1) is 0 Å². The molecular weight excluding hydrogens is 508 g/mol. The summed E-state index contributed by atoms with van der Waals surface area (Å²) >= 11 is -1.64. The van der Waals surface area contributed by atoms with Crippen molar-refractivity contribution >= 4 is 65.2 Å². The van der Waals surface area contributed by atoms with E-state index in [2.05, 4.69) is 29.6 Å². The number of thiophene rings is 2. The van der Waals surface area contributed by atoms with Gasteiger partial charge in [-0.25, -0.2) is 0 Å². The van der Waals surface area contributed by atoms with E-state index in [0.29, 0.717) is 9.75 Å². The minimum atomic E-state index is -2.29. The average molecular weight is 528 g/mol. The first kappa shape index (κ1) is 17.2. The quantitative estimate of drug-likeness (QED) is 0.501. The van der Waals surface area contributed by atoms with Crippen LogP contribution in [-0.2, 0) is 0 Å². The molecular formula is C14H20F2S2Sn2. The van der Waals surface area contributed by atoms with Crippen molar-refractivity contribution in [3.8, 4) is 9.75 Å². The molecule has 20 heavy (non-hydrogen) atoms. The molecule has 110 valence electrons. The Labute approximate surface area is 136 Å². The molecule has 0 N–H and O–H groups in total. The zero-order chi connectivity index (χ0) is 15.3. The van der Waals surface area contributed by atoms with Gasteiger partial charge in [-0.05, 0) is 0 Å². The monoisotopic (exact) mass is 530 g/mol. The molecule has 0 fully saturated rings. The second kappa shape index (κ2) is 5.81. The van der Waals surface area contributed by atoms with Crippen LogP contribution in [0.1, 0.15) is 0 Å². The van der Waals surface area contributed by atoms with Crippen LogP contribution in [0.25, 0.3) is 9.75 Å². The Hall–Kier alpha value is 0.857. The van der Waals surface area contributed by atoms with E-state index in [-0.39, 0.29) is 11.6 Å². The van der Waals surface area contributed by atoms with Crippen LogP contribution in [0.5, 0.6) is 0 Å². The Balaban J connectivity index is 2.53. The molecule has 6 heteroatoms. The summed E-state index contributed by atoms with van der Waals surface area (Å²) in [7, 11) is 0. The standard InChI is InChI=1S/C8H2F2S2.6CH3.2Sn/c9-5-1-3-11-7(5)8-6(10)2-4-12-8;;;;;;;;/h1-2H;6*1H3;;. The van der Waals surface area contributed by atoms with E-state index in [1.807, 2.05) is 0 Å². The molecule has 0 nitrogen and oxygen atoms in total. The molecule has 0 spiro atoms. The van der Waals surface area contributed by atoms with Gasteiger partial charge >= 0.3 is 137 Å². The summed E-state index contributed by atoms with van der Waals surface area (Å²) in [5.41, 5.74) is 0. The Kier molecular flexibility index (Phi) is 5.00. The molecule has 2 heterocycles. The topological polar surface area (TPSA) is 0 Å². The van der Waals surface area contributed by atoms with Crippen molar-refractivity contribution in [1.29, 1.82) is 0 Å². The van der Waals surface area contributed by atoms with Crippen LogP contribution in [-0.4, -0.2) is 36.8 Å². The third-order valence-corrected chi connectivity index (χ3v) is 24.3. The third-order valence-electron chi connectivity index (χ3n) is 3.06. The second-order valence-corrected chi connectivity index (χ2v) is 40.0. The molecule has 0 aliphatic rings. The normalized spacial score (nSPS) is 13.0. The maximum atomic E-state index is 14.2. The second-order valence-electron chi connectivity index (χ2n) is 7.08.